The number of ether oxygens (including phenoxy) is 1. The van der Waals surface area contributed by atoms with Gasteiger partial charge in [0.1, 0.15) is 16.3 Å². The van der Waals surface area contributed by atoms with Gasteiger partial charge >= 0.3 is 0 Å². The van der Waals surface area contributed by atoms with Crippen LogP contribution in [-0.4, -0.2) is 44.0 Å². The van der Waals surface area contributed by atoms with Crippen molar-refractivity contribution in [1.82, 2.24) is 9.46 Å². The zero-order valence-corrected chi connectivity index (χ0v) is 16.4. The number of aromatic nitrogens is 1. The summed E-state index contributed by atoms with van der Waals surface area (Å²) in [5.41, 5.74) is 0.958. The molecule has 2 heterocycles. The molecule has 0 aliphatic carbocycles. The van der Waals surface area contributed by atoms with Gasteiger partial charge in [-0.3, -0.25) is 4.79 Å². The van der Waals surface area contributed by atoms with Crippen LogP contribution in [0.15, 0.2) is 33.7 Å². The minimum Gasteiger partial charge on any atom is -0.495 e. The normalized spacial score (nSPS) is 16.3. The van der Waals surface area contributed by atoms with Gasteiger partial charge in [-0.15, -0.1) is 0 Å². The number of carbonyl (C=O) groups excluding carboxylic acids is 1. The SMILES string of the molecule is COc1ccccc1NC(=O)C1CCN(S(=O)(=O)c2c(C)noc2C)CC1. The molecule has 0 atom stereocenters. The van der Waals surface area contributed by atoms with E-state index in [2.05, 4.69) is 10.5 Å². The molecular formula is C18H23N3O5S. The second-order valence-corrected chi connectivity index (χ2v) is 8.40. The Hall–Kier alpha value is -2.39. The molecule has 1 aliphatic rings. The molecule has 1 aromatic heterocycles. The number of amides is 1. The van der Waals surface area contributed by atoms with Crippen molar-refractivity contribution in [1.29, 1.82) is 0 Å². The molecule has 0 unspecified atom stereocenters. The van der Waals surface area contributed by atoms with Crippen molar-refractivity contribution < 1.29 is 22.5 Å². The summed E-state index contributed by atoms with van der Waals surface area (Å²) in [4.78, 5) is 12.7. The first-order valence-corrected chi connectivity index (χ1v) is 10.2. The van der Waals surface area contributed by atoms with Gasteiger partial charge in [0, 0.05) is 19.0 Å². The van der Waals surface area contributed by atoms with Crippen molar-refractivity contribution in [3.8, 4) is 5.75 Å². The molecule has 1 aliphatic heterocycles. The van der Waals surface area contributed by atoms with Gasteiger partial charge < -0.3 is 14.6 Å². The highest BCUT2D eigenvalue weighted by Crippen LogP contribution is 2.29. The lowest BCUT2D eigenvalue weighted by Gasteiger charge is -2.30. The average Bonchev–Trinajstić information content (AvgIpc) is 3.01. The van der Waals surface area contributed by atoms with Crippen LogP contribution < -0.4 is 10.1 Å². The first-order valence-electron chi connectivity index (χ1n) is 8.71. The summed E-state index contributed by atoms with van der Waals surface area (Å²) in [5, 5.41) is 6.60. The Balaban J connectivity index is 1.66. The zero-order chi connectivity index (χ0) is 19.6. The monoisotopic (exact) mass is 393 g/mol. The van der Waals surface area contributed by atoms with Crippen LogP contribution in [0, 0.1) is 19.8 Å². The van der Waals surface area contributed by atoms with E-state index in [0.717, 1.165) is 0 Å². The lowest BCUT2D eigenvalue weighted by molar-refractivity contribution is -0.120. The number of anilines is 1. The second-order valence-electron chi connectivity index (χ2n) is 6.52. The Kier molecular flexibility index (Phi) is 5.52. The minimum atomic E-state index is -3.67. The predicted octanol–water partition coefficient (Wildman–Crippen LogP) is 2.34. The predicted molar refractivity (Wildman–Crippen MR) is 99.1 cm³/mol. The van der Waals surface area contributed by atoms with Crippen molar-refractivity contribution in [2.75, 3.05) is 25.5 Å². The van der Waals surface area contributed by atoms with Crippen LogP contribution in [0.3, 0.4) is 0 Å². The maximum absolute atomic E-state index is 12.8. The van der Waals surface area contributed by atoms with Crippen molar-refractivity contribution in [3.63, 3.8) is 0 Å². The molecule has 0 radical (unpaired) electrons. The molecule has 27 heavy (non-hydrogen) atoms. The Bertz CT molecular complexity index is 911. The second kappa shape index (κ2) is 7.69. The van der Waals surface area contributed by atoms with Crippen LogP contribution >= 0.6 is 0 Å². The number of nitrogens with one attached hydrogen (secondary N) is 1. The van der Waals surface area contributed by atoms with E-state index in [9.17, 15) is 13.2 Å². The number of carbonyl (C=O) groups is 1. The largest absolute Gasteiger partial charge is 0.495 e. The lowest BCUT2D eigenvalue weighted by Crippen LogP contribution is -2.41. The first-order chi connectivity index (χ1) is 12.8. The van der Waals surface area contributed by atoms with Crippen molar-refractivity contribution in [2.24, 2.45) is 5.92 Å². The number of hydrogen-bond acceptors (Lipinski definition) is 6. The summed E-state index contributed by atoms with van der Waals surface area (Å²) in [6, 6.07) is 7.19. The van der Waals surface area contributed by atoms with E-state index < -0.39 is 10.0 Å². The number of aryl methyl sites for hydroxylation is 2. The van der Waals surface area contributed by atoms with Gasteiger partial charge in [-0.2, -0.15) is 4.31 Å². The lowest BCUT2D eigenvalue weighted by atomic mass is 9.97. The highest BCUT2D eigenvalue weighted by atomic mass is 32.2. The molecule has 1 fully saturated rings. The van der Waals surface area contributed by atoms with Gasteiger partial charge in [-0.05, 0) is 38.8 Å². The quantitative estimate of drug-likeness (QED) is 0.837. The third-order valence-electron chi connectivity index (χ3n) is 4.76. The van der Waals surface area contributed by atoms with Crippen LogP contribution in [0.2, 0.25) is 0 Å². The molecule has 0 bridgehead atoms. The van der Waals surface area contributed by atoms with Gasteiger partial charge in [-0.25, -0.2) is 8.42 Å². The summed E-state index contributed by atoms with van der Waals surface area (Å²) in [7, 11) is -2.13. The molecule has 146 valence electrons. The Labute approximate surface area is 158 Å². The fourth-order valence-electron chi connectivity index (χ4n) is 3.31. The van der Waals surface area contributed by atoms with Crippen LogP contribution in [0.5, 0.6) is 5.75 Å². The zero-order valence-electron chi connectivity index (χ0n) is 15.6. The maximum atomic E-state index is 12.8. The third kappa shape index (κ3) is 3.84. The molecule has 2 aromatic rings. The van der Waals surface area contributed by atoms with E-state index in [4.69, 9.17) is 9.26 Å². The smallest absolute Gasteiger partial charge is 0.248 e. The van der Waals surface area contributed by atoms with Crippen molar-refractivity contribution in [2.45, 2.75) is 31.6 Å². The standard InChI is InChI=1S/C18H23N3O5S/c1-12-17(13(2)26-20-12)27(23,24)21-10-8-14(9-11-21)18(22)19-15-6-4-5-7-16(15)25-3/h4-7,14H,8-11H2,1-3H3,(H,19,22). The molecule has 1 aromatic carbocycles. The van der Waals surface area contributed by atoms with E-state index in [0.29, 0.717) is 30.0 Å². The van der Waals surface area contributed by atoms with Crippen molar-refractivity contribution in [3.05, 3.63) is 35.7 Å². The topological polar surface area (TPSA) is 102 Å². The molecule has 1 amide bonds. The average molecular weight is 393 g/mol. The van der Waals surface area contributed by atoms with Gasteiger partial charge in [0.25, 0.3) is 0 Å². The van der Waals surface area contributed by atoms with Crippen LogP contribution in [0.4, 0.5) is 5.69 Å². The fourth-order valence-corrected chi connectivity index (χ4v) is 5.07. The Morgan fingerprint density at radius 1 is 1.26 bits per heavy atom. The molecule has 1 N–H and O–H groups in total. The summed E-state index contributed by atoms with van der Waals surface area (Å²) < 4.78 is 37.3. The van der Waals surface area contributed by atoms with E-state index >= 15 is 0 Å². The molecule has 1 saturated heterocycles. The minimum absolute atomic E-state index is 0.124. The number of piperidine rings is 1. The Morgan fingerprint density at radius 3 is 2.52 bits per heavy atom. The number of hydrogen-bond donors (Lipinski definition) is 1. The highest BCUT2D eigenvalue weighted by Gasteiger charge is 2.35. The third-order valence-corrected chi connectivity index (χ3v) is 6.90. The van der Waals surface area contributed by atoms with Crippen LogP contribution in [0.25, 0.3) is 0 Å². The number of rotatable bonds is 5. The summed E-state index contributed by atoms with van der Waals surface area (Å²) in [5.74, 6) is 0.479. The number of methoxy groups -OCH3 is 1. The van der Waals surface area contributed by atoms with Gasteiger partial charge in [-0.1, -0.05) is 17.3 Å². The Morgan fingerprint density at radius 2 is 1.93 bits per heavy atom. The highest BCUT2D eigenvalue weighted by molar-refractivity contribution is 7.89. The molecular weight excluding hydrogens is 370 g/mol. The number of nitrogens with zero attached hydrogens (tertiary/aromatic N) is 2. The summed E-state index contributed by atoms with van der Waals surface area (Å²) in [6.07, 6.45) is 0.896. The number of para-hydroxylation sites is 2. The summed E-state index contributed by atoms with van der Waals surface area (Å²) in [6.45, 7) is 3.74. The van der Waals surface area contributed by atoms with Crippen LogP contribution in [0.1, 0.15) is 24.3 Å². The number of sulfonamides is 1. The van der Waals surface area contributed by atoms with Crippen molar-refractivity contribution >= 4 is 21.6 Å². The summed E-state index contributed by atoms with van der Waals surface area (Å²) >= 11 is 0. The molecule has 0 saturated carbocycles. The van der Waals surface area contributed by atoms with E-state index in [1.807, 2.05) is 12.1 Å². The van der Waals surface area contributed by atoms with Gasteiger partial charge in [0.2, 0.25) is 15.9 Å². The van der Waals surface area contributed by atoms with E-state index in [-0.39, 0.29) is 35.6 Å². The fraction of sp³-hybridized carbons (Fsp3) is 0.444. The van der Waals surface area contributed by atoms with Gasteiger partial charge in [0.15, 0.2) is 5.76 Å². The molecule has 0 spiro atoms. The molecule has 8 nitrogen and oxygen atoms in total. The van der Waals surface area contributed by atoms with Gasteiger partial charge in [0.05, 0.1) is 12.8 Å². The number of benzene rings is 1. The van der Waals surface area contributed by atoms with Crippen LogP contribution in [-0.2, 0) is 14.8 Å². The molecule has 3 rings (SSSR count). The maximum Gasteiger partial charge on any atom is 0.248 e. The van der Waals surface area contributed by atoms with E-state index in [1.54, 1.807) is 33.1 Å². The molecule has 9 heteroatoms. The van der Waals surface area contributed by atoms with E-state index in [1.165, 1.54) is 4.31 Å². The first kappa shape index (κ1) is 19.4.